The van der Waals surface area contributed by atoms with Crippen molar-refractivity contribution in [2.45, 2.75) is 64.7 Å². The summed E-state index contributed by atoms with van der Waals surface area (Å²) in [5.41, 5.74) is 1.46. The molecule has 4 rings (SSSR count). The Morgan fingerprint density at radius 2 is 2.00 bits per heavy atom. The van der Waals surface area contributed by atoms with Crippen molar-refractivity contribution in [1.82, 2.24) is 9.80 Å². The maximum Gasteiger partial charge on any atom is 0.318 e. The highest BCUT2D eigenvalue weighted by Gasteiger charge is 2.55. The summed E-state index contributed by atoms with van der Waals surface area (Å²) in [7, 11) is 0. The van der Waals surface area contributed by atoms with E-state index in [-0.39, 0.29) is 24.2 Å². The summed E-state index contributed by atoms with van der Waals surface area (Å²) in [6.45, 7) is 4.23. The number of allylic oxidation sites excluding steroid dienone is 2. The molecule has 0 aromatic heterocycles. The van der Waals surface area contributed by atoms with Crippen LogP contribution in [0.1, 0.15) is 64.7 Å². The van der Waals surface area contributed by atoms with Gasteiger partial charge in [0.1, 0.15) is 5.41 Å². The van der Waals surface area contributed by atoms with Crippen molar-refractivity contribution in [1.29, 1.82) is 0 Å². The van der Waals surface area contributed by atoms with Crippen LogP contribution >= 0.6 is 11.8 Å². The Bertz CT molecular complexity index is 802. The average molecular weight is 461 g/mol. The van der Waals surface area contributed by atoms with Crippen LogP contribution < -0.4 is 0 Å². The van der Waals surface area contributed by atoms with Crippen LogP contribution in [0.2, 0.25) is 0 Å². The number of esters is 1. The number of thioether (sulfide) groups is 1. The molecule has 2 saturated heterocycles. The van der Waals surface area contributed by atoms with Gasteiger partial charge in [0.15, 0.2) is 0 Å². The van der Waals surface area contributed by atoms with Gasteiger partial charge in [-0.1, -0.05) is 17.7 Å². The highest BCUT2D eigenvalue weighted by Crippen LogP contribution is 2.51. The van der Waals surface area contributed by atoms with E-state index in [1.165, 1.54) is 18.4 Å². The van der Waals surface area contributed by atoms with Gasteiger partial charge in [-0.3, -0.25) is 14.4 Å². The minimum absolute atomic E-state index is 0.00853. The zero-order chi connectivity index (χ0) is 22.6. The molecule has 0 bridgehead atoms. The molecule has 2 heterocycles. The van der Waals surface area contributed by atoms with E-state index in [0.717, 1.165) is 56.0 Å². The molecule has 0 saturated carbocycles. The van der Waals surface area contributed by atoms with Gasteiger partial charge in [0, 0.05) is 49.2 Å². The zero-order valence-electron chi connectivity index (χ0n) is 19.3. The van der Waals surface area contributed by atoms with Crippen molar-refractivity contribution in [2.24, 2.45) is 11.3 Å². The third kappa shape index (κ3) is 4.78. The Kier molecular flexibility index (Phi) is 7.64. The van der Waals surface area contributed by atoms with Gasteiger partial charge in [-0.2, -0.15) is 11.8 Å². The van der Waals surface area contributed by atoms with Gasteiger partial charge < -0.3 is 14.5 Å². The Labute approximate surface area is 195 Å². The lowest BCUT2D eigenvalue weighted by Crippen LogP contribution is -2.53. The second-order valence-corrected chi connectivity index (χ2v) is 10.6. The smallest absolute Gasteiger partial charge is 0.318 e. The molecule has 0 N–H and O–H groups in total. The predicted molar refractivity (Wildman–Crippen MR) is 126 cm³/mol. The van der Waals surface area contributed by atoms with Gasteiger partial charge in [-0.15, -0.1) is 0 Å². The first-order valence-electron chi connectivity index (χ1n) is 12.3. The van der Waals surface area contributed by atoms with Crippen LogP contribution in [-0.2, 0) is 19.1 Å². The van der Waals surface area contributed by atoms with Gasteiger partial charge in [-0.25, -0.2) is 0 Å². The molecule has 2 atom stereocenters. The summed E-state index contributed by atoms with van der Waals surface area (Å²) in [5, 5.41) is 0. The normalized spacial score (nSPS) is 28.2. The molecule has 7 heteroatoms. The number of amides is 2. The highest BCUT2D eigenvalue weighted by atomic mass is 32.2. The number of rotatable bonds is 7. The summed E-state index contributed by atoms with van der Waals surface area (Å²) >= 11 is 1.86. The van der Waals surface area contributed by atoms with Crippen LogP contribution in [0.25, 0.3) is 0 Å². The molecule has 2 amide bonds. The molecular formula is C25H36N2O4S. The topological polar surface area (TPSA) is 66.9 Å². The number of likely N-dealkylation sites (tertiary alicyclic amines) is 1. The van der Waals surface area contributed by atoms with Crippen molar-refractivity contribution < 1.29 is 19.1 Å². The Hall–Kier alpha value is -1.76. The van der Waals surface area contributed by atoms with Crippen LogP contribution in [-0.4, -0.2) is 65.3 Å². The molecule has 0 unspecified atom stereocenters. The average Bonchev–Trinajstić information content (AvgIpc) is 3.25. The van der Waals surface area contributed by atoms with Crippen molar-refractivity contribution in [3.05, 3.63) is 23.4 Å². The molecule has 32 heavy (non-hydrogen) atoms. The lowest BCUT2D eigenvalue weighted by molar-refractivity contribution is -0.161. The van der Waals surface area contributed by atoms with Gasteiger partial charge in [0.2, 0.25) is 11.8 Å². The van der Waals surface area contributed by atoms with E-state index in [1.54, 1.807) is 0 Å². The largest absolute Gasteiger partial charge is 0.465 e. The highest BCUT2D eigenvalue weighted by molar-refractivity contribution is 7.99. The molecule has 2 aliphatic carbocycles. The monoisotopic (exact) mass is 460 g/mol. The molecule has 4 aliphatic rings. The maximum atomic E-state index is 13.6. The number of hydrogen-bond donors (Lipinski definition) is 0. The maximum absolute atomic E-state index is 13.6. The van der Waals surface area contributed by atoms with E-state index in [4.69, 9.17) is 4.74 Å². The van der Waals surface area contributed by atoms with Gasteiger partial charge >= 0.3 is 5.97 Å². The predicted octanol–water partition coefficient (Wildman–Crippen LogP) is 3.92. The zero-order valence-corrected chi connectivity index (χ0v) is 20.1. The molecule has 2 aliphatic heterocycles. The van der Waals surface area contributed by atoms with Crippen LogP contribution in [0.15, 0.2) is 23.4 Å². The molecule has 0 aromatic rings. The fourth-order valence-electron chi connectivity index (χ4n) is 5.69. The van der Waals surface area contributed by atoms with Gasteiger partial charge in [0.05, 0.1) is 6.61 Å². The first-order chi connectivity index (χ1) is 15.5. The van der Waals surface area contributed by atoms with Crippen LogP contribution in [0.4, 0.5) is 0 Å². The number of hydrogen-bond acceptors (Lipinski definition) is 5. The van der Waals surface area contributed by atoms with E-state index in [1.807, 2.05) is 28.5 Å². The summed E-state index contributed by atoms with van der Waals surface area (Å²) in [6.07, 6.45) is 11.9. The Morgan fingerprint density at radius 3 is 2.72 bits per heavy atom. The minimum atomic E-state index is -0.784. The fourth-order valence-corrected chi connectivity index (χ4v) is 6.59. The van der Waals surface area contributed by atoms with E-state index in [0.29, 0.717) is 26.0 Å². The lowest BCUT2D eigenvalue weighted by atomic mass is 9.71. The molecule has 6 nitrogen and oxygen atoms in total. The van der Waals surface area contributed by atoms with E-state index >= 15 is 0 Å². The number of nitrogens with zero attached hydrogens (tertiary/aromatic N) is 2. The number of ether oxygens (including phenoxy) is 1. The second kappa shape index (κ2) is 10.4. The lowest BCUT2D eigenvalue weighted by Gasteiger charge is -2.44. The number of carbonyl (C=O) groups excluding carboxylic acids is 3. The van der Waals surface area contributed by atoms with Crippen LogP contribution in [0, 0.1) is 11.3 Å². The molecule has 0 spiro atoms. The van der Waals surface area contributed by atoms with E-state index in [9.17, 15) is 14.4 Å². The first-order valence-corrected chi connectivity index (χ1v) is 13.4. The number of carbonyl (C=O) groups is 3. The summed E-state index contributed by atoms with van der Waals surface area (Å²) in [6, 6.07) is 0. The molecule has 176 valence electrons. The summed E-state index contributed by atoms with van der Waals surface area (Å²) in [5.74, 6) is 1.26. The van der Waals surface area contributed by atoms with E-state index < -0.39 is 11.3 Å². The number of fused-ring (bicyclic) bond motifs is 1. The summed E-state index contributed by atoms with van der Waals surface area (Å²) < 4.78 is 5.51. The molecular weight excluding hydrogens is 424 g/mol. The Balaban J connectivity index is 1.55. The quantitative estimate of drug-likeness (QED) is 0.426. The van der Waals surface area contributed by atoms with Crippen molar-refractivity contribution in [3.8, 4) is 0 Å². The number of piperidine rings is 1. The van der Waals surface area contributed by atoms with Crippen molar-refractivity contribution in [3.63, 3.8) is 0 Å². The second-order valence-electron chi connectivity index (χ2n) is 9.38. The SMILES string of the molecule is CCOC(=O)[C@]12CCC=C1N(CCC1=CCCCC1)C(=O)[C@H](CC(=O)N1CCSCC1)C2. The van der Waals surface area contributed by atoms with Crippen molar-refractivity contribution in [2.75, 3.05) is 37.7 Å². The Morgan fingerprint density at radius 1 is 1.19 bits per heavy atom. The van der Waals surface area contributed by atoms with Crippen LogP contribution in [0.5, 0.6) is 0 Å². The first kappa shape index (κ1) is 23.4. The van der Waals surface area contributed by atoms with Crippen LogP contribution in [0.3, 0.4) is 0 Å². The third-order valence-corrected chi connectivity index (χ3v) is 8.34. The molecule has 2 fully saturated rings. The third-order valence-electron chi connectivity index (χ3n) is 7.39. The standard InChI is InChI=1S/C25H36N2O4S/c1-2-31-24(30)25-11-6-9-21(25)27(12-10-19-7-4-3-5-8-19)23(29)20(18-25)17-22(28)26-13-15-32-16-14-26/h7,9,20H,2-6,8,10-18H2,1H3/t20-,25+/m1/s1. The van der Waals surface area contributed by atoms with Crippen molar-refractivity contribution >= 4 is 29.5 Å². The summed E-state index contributed by atoms with van der Waals surface area (Å²) in [4.78, 5) is 43.6. The van der Waals surface area contributed by atoms with Gasteiger partial charge in [-0.05, 0) is 58.3 Å². The van der Waals surface area contributed by atoms with Gasteiger partial charge in [0.25, 0.3) is 0 Å². The van der Waals surface area contributed by atoms with E-state index in [2.05, 4.69) is 12.2 Å². The fraction of sp³-hybridized carbons (Fsp3) is 0.720. The molecule has 0 aromatic carbocycles. The minimum Gasteiger partial charge on any atom is -0.465 e. The molecule has 0 radical (unpaired) electrons.